The lowest BCUT2D eigenvalue weighted by Crippen LogP contribution is -2.37. The van der Waals surface area contributed by atoms with Gasteiger partial charge >= 0.3 is 5.54 Å². The Labute approximate surface area is 104 Å². The van der Waals surface area contributed by atoms with E-state index in [0.29, 0.717) is 23.7 Å². The van der Waals surface area contributed by atoms with E-state index in [-0.39, 0.29) is 0 Å². The molecule has 0 aromatic heterocycles. The van der Waals surface area contributed by atoms with Crippen molar-refractivity contribution in [3.8, 4) is 6.07 Å². The molecule has 3 rings (SSSR count). The van der Waals surface area contributed by atoms with Gasteiger partial charge < -0.3 is 0 Å². The standard InChI is InChI=1S/C15H20N2/c1-17-15(10-16)13-8-4-2-6-11(13)12-7-3-5-9-14(12)15/h11-14H,2-9H2. The van der Waals surface area contributed by atoms with E-state index in [9.17, 15) is 5.26 Å². The summed E-state index contributed by atoms with van der Waals surface area (Å²) in [6.45, 7) is 7.60. The Bertz CT molecular complexity index is 349. The first-order valence-electron chi connectivity index (χ1n) is 7.13. The van der Waals surface area contributed by atoms with Crippen LogP contribution in [0.1, 0.15) is 51.4 Å². The van der Waals surface area contributed by atoms with Crippen LogP contribution >= 0.6 is 0 Å². The largest absolute Gasteiger partial charge is 0.321 e. The second kappa shape index (κ2) is 4.02. The minimum Gasteiger partial charge on any atom is -0.293 e. The Hall–Kier alpha value is -1.02. The van der Waals surface area contributed by atoms with Gasteiger partial charge in [0.05, 0.1) is 11.8 Å². The Morgan fingerprint density at radius 2 is 1.41 bits per heavy atom. The maximum Gasteiger partial charge on any atom is 0.321 e. The van der Waals surface area contributed by atoms with Gasteiger partial charge in [0, 0.05) is 0 Å². The van der Waals surface area contributed by atoms with Crippen molar-refractivity contribution in [3.05, 3.63) is 11.4 Å². The fourth-order valence-electron chi connectivity index (χ4n) is 5.07. The normalized spacial score (nSPS) is 48.6. The number of rotatable bonds is 0. The summed E-state index contributed by atoms with van der Waals surface area (Å²) in [5.41, 5.74) is -0.643. The molecule has 3 fully saturated rings. The van der Waals surface area contributed by atoms with Crippen LogP contribution in [-0.2, 0) is 0 Å². The Balaban J connectivity index is 2.02. The van der Waals surface area contributed by atoms with Gasteiger partial charge in [-0.3, -0.25) is 4.85 Å². The van der Waals surface area contributed by atoms with Gasteiger partial charge in [-0.05, 0) is 37.5 Å². The Morgan fingerprint density at radius 1 is 0.941 bits per heavy atom. The number of nitrogens with zero attached hydrogens (tertiary/aromatic N) is 2. The summed E-state index contributed by atoms with van der Waals surface area (Å²) in [7, 11) is 0. The molecule has 0 bridgehead atoms. The number of fused-ring (bicyclic) bond motifs is 3. The molecule has 0 radical (unpaired) electrons. The number of nitriles is 1. The van der Waals surface area contributed by atoms with Gasteiger partial charge in [0.2, 0.25) is 0 Å². The molecule has 3 aliphatic rings. The van der Waals surface area contributed by atoms with Gasteiger partial charge in [0.1, 0.15) is 0 Å². The van der Waals surface area contributed by atoms with Crippen molar-refractivity contribution in [3.63, 3.8) is 0 Å². The van der Waals surface area contributed by atoms with Crippen LogP contribution in [-0.4, -0.2) is 5.54 Å². The molecule has 2 nitrogen and oxygen atoms in total. The summed E-state index contributed by atoms with van der Waals surface area (Å²) in [4.78, 5) is 3.90. The highest BCUT2D eigenvalue weighted by Gasteiger charge is 2.66. The quantitative estimate of drug-likeness (QED) is 0.580. The van der Waals surface area contributed by atoms with Crippen molar-refractivity contribution in [2.24, 2.45) is 23.7 Å². The van der Waals surface area contributed by atoms with Gasteiger partial charge in [-0.25, -0.2) is 6.57 Å². The molecule has 0 aliphatic heterocycles. The molecule has 4 unspecified atom stereocenters. The molecule has 0 amide bonds. The van der Waals surface area contributed by atoms with Gasteiger partial charge in [-0.1, -0.05) is 25.7 Å². The molecule has 2 heteroatoms. The summed E-state index contributed by atoms with van der Waals surface area (Å²) >= 11 is 0. The lowest BCUT2D eigenvalue weighted by atomic mass is 9.73. The van der Waals surface area contributed by atoms with Crippen LogP contribution in [0.2, 0.25) is 0 Å². The van der Waals surface area contributed by atoms with Gasteiger partial charge in [0.15, 0.2) is 6.07 Å². The molecule has 0 N–H and O–H groups in total. The van der Waals surface area contributed by atoms with Crippen LogP contribution in [0.5, 0.6) is 0 Å². The van der Waals surface area contributed by atoms with E-state index < -0.39 is 5.54 Å². The minimum atomic E-state index is -0.643. The summed E-state index contributed by atoms with van der Waals surface area (Å²) < 4.78 is 0. The zero-order valence-corrected chi connectivity index (χ0v) is 10.4. The smallest absolute Gasteiger partial charge is 0.293 e. The van der Waals surface area contributed by atoms with Crippen molar-refractivity contribution in [1.29, 1.82) is 5.26 Å². The minimum absolute atomic E-state index is 0.395. The molecule has 3 aliphatic carbocycles. The topological polar surface area (TPSA) is 28.1 Å². The Kier molecular flexibility index (Phi) is 2.62. The van der Waals surface area contributed by atoms with Crippen LogP contribution in [0.3, 0.4) is 0 Å². The van der Waals surface area contributed by atoms with Crippen LogP contribution in [0.4, 0.5) is 0 Å². The van der Waals surface area contributed by atoms with E-state index in [2.05, 4.69) is 10.9 Å². The number of hydrogen-bond acceptors (Lipinski definition) is 1. The third kappa shape index (κ3) is 1.37. The Morgan fingerprint density at radius 3 is 1.82 bits per heavy atom. The van der Waals surface area contributed by atoms with E-state index in [0.717, 1.165) is 12.8 Å². The van der Waals surface area contributed by atoms with Gasteiger partial charge in [-0.15, -0.1) is 0 Å². The van der Waals surface area contributed by atoms with E-state index in [1.807, 2.05) is 0 Å². The van der Waals surface area contributed by atoms with Crippen molar-refractivity contribution < 1.29 is 0 Å². The molecule has 3 saturated carbocycles. The van der Waals surface area contributed by atoms with Crippen molar-refractivity contribution in [2.75, 3.05) is 0 Å². The second-order valence-corrected chi connectivity index (χ2v) is 6.16. The predicted molar refractivity (Wildman–Crippen MR) is 65.8 cm³/mol. The lowest BCUT2D eigenvalue weighted by molar-refractivity contribution is 0.184. The average Bonchev–Trinajstić information content (AvgIpc) is 2.70. The molecule has 0 aromatic rings. The maximum absolute atomic E-state index is 9.63. The summed E-state index contributed by atoms with van der Waals surface area (Å²) in [5.74, 6) is 2.18. The van der Waals surface area contributed by atoms with Crippen molar-refractivity contribution in [2.45, 2.75) is 56.9 Å². The van der Waals surface area contributed by atoms with Crippen LogP contribution in [0.15, 0.2) is 0 Å². The van der Waals surface area contributed by atoms with Crippen LogP contribution < -0.4 is 0 Å². The van der Waals surface area contributed by atoms with E-state index in [1.54, 1.807) is 0 Å². The van der Waals surface area contributed by atoms with Crippen molar-refractivity contribution >= 4 is 0 Å². The lowest BCUT2D eigenvalue weighted by Gasteiger charge is -2.30. The number of hydrogen-bond donors (Lipinski definition) is 0. The van der Waals surface area contributed by atoms with Gasteiger partial charge in [-0.2, -0.15) is 5.26 Å². The molecule has 0 heterocycles. The molecule has 90 valence electrons. The molecule has 4 atom stereocenters. The second-order valence-electron chi connectivity index (χ2n) is 6.16. The average molecular weight is 228 g/mol. The third-order valence-electron chi connectivity index (χ3n) is 5.68. The predicted octanol–water partition coefficient (Wildman–Crippen LogP) is 3.79. The SMILES string of the molecule is [C-]#[N+]C1(C#N)C2CCCCC2C2CCCCC21. The van der Waals surface area contributed by atoms with E-state index in [1.165, 1.54) is 38.5 Å². The maximum atomic E-state index is 9.63. The van der Waals surface area contributed by atoms with E-state index in [4.69, 9.17) is 6.57 Å². The first-order chi connectivity index (χ1) is 8.33. The van der Waals surface area contributed by atoms with E-state index >= 15 is 0 Å². The molecular formula is C15H20N2. The highest BCUT2D eigenvalue weighted by Crippen LogP contribution is 2.60. The first kappa shape index (κ1) is 11.1. The third-order valence-corrected chi connectivity index (χ3v) is 5.68. The monoisotopic (exact) mass is 228 g/mol. The molecule has 0 aromatic carbocycles. The summed E-state index contributed by atoms with van der Waals surface area (Å²) in [6.07, 6.45) is 9.95. The highest BCUT2D eigenvalue weighted by atomic mass is 14.9. The first-order valence-corrected chi connectivity index (χ1v) is 7.13. The zero-order valence-electron chi connectivity index (χ0n) is 10.4. The van der Waals surface area contributed by atoms with Gasteiger partial charge in [0.25, 0.3) is 0 Å². The van der Waals surface area contributed by atoms with Crippen molar-refractivity contribution in [1.82, 2.24) is 0 Å². The fraction of sp³-hybridized carbons (Fsp3) is 0.867. The molecule has 17 heavy (non-hydrogen) atoms. The summed E-state index contributed by atoms with van der Waals surface area (Å²) in [5, 5.41) is 9.63. The highest BCUT2D eigenvalue weighted by molar-refractivity contribution is 5.28. The zero-order chi connectivity index (χ0) is 11.9. The molecular weight excluding hydrogens is 208 g/mol. The van der Waals surface area contributed by atoms with Crippen LogP contribution in [0, 0.1) is 41.6 Å². The van der Waals surface area contributed by atoms with Crippen LogP contribution in [0.25, 0.3) is 4.85 Å². The molecule has 0 saturated heterocycles. The fourth-order valence-corrected chi connectivity index (χ4v) is 5.07. The molecule has 0 spiro atoms. The summed E-state index contributed by atoms with van der Waals surface area (Å²) in [6, 6.07) is 2.47.